The van der Waals surface area contributed by atoms with Crippen LogP contribution in [0.1, 0.15) is 39.2 Å². The summed E-state index contributed by atoms with van der Waals surface area (Å²) < 4.78 is 5.30. The number of amides is 4. The minimum absolute atomic E-state index is 0.103. The largest absolute Gasteiger partial charge is 0.451 e. The van der Waals surface area contributed by atoms with Crippen molar-refractivity contribution in [2.45, 2.75) is 56.7 Å². The molecule has 156 valence electrons. The highest BCUT2D eigenvalue weighted by atomic mass is 32.2. The van der Waals surface area contributed by atoms with Gasteiger partial charge in [0.05, 0.1) is 0 Å². The first-order valence-corrected chi connectivity index (χ1v) is 10.6. The van der Waals surface area contributed by atoms with E-state index in [1.54, 1.807) is 30.5 Å². The highest BCUT2D eigenvalue weighted by Crippen LogP contribution is 2.54. The Kier molecular flexibility index (Phi) is 6.16. The fraction of sp³-hybridized carbons (Fsp3) is 0.500. The second kappa shape index (κ2) is 8.44. The summed E-state index contributed by atoms with van der Waals surface area (Å²) in [7, 11) is 0. The van der Waals surface area contributed by atoms with Gasteiger partial charge in [0.25, 0.3) is 5.91 Å². The van der Waals surface area contributed by atoms with Gasteiger partial charge in [-0.25, -0.2) is 9.59 Å². The highest BCUT2D eigenvalue weighted by molar-refractivity contribution is 8.00. The third-order valence-corrected chi connectivity index (χ3v) is 6.54. The van der Waals surface area contributed by atoms with Gasteiger partial charge in [0.1, 0.15) is 10.9 Å². The number of nitrogens with one attached hydrogen (secondary N) is 2. The summed E-state index contributed by atoms with van der Waals surface area (Å²) in [6, 6.07) is 8.08. The first-order chi connectivity index (χ1) is 13.7. The van der Waals surface area contributed by atoms with Crippen LogP contribution < -0.4 is 10.6 Å². The standard InChI is InChI=1S/C20H25N3O5S/c1-12(2)21-19(27)22-17(25)13(3)28-18(26)15-11-29-20(10-9-16(24)23(15)20)14-7-5-4-6-8-14/h4-8,12-13,15H,9-11H2,1-3H3,(H2,21,22,25,27)/t13-,15-,20+/m0/s1. The number of nitrogens with zero attached hydrogens (tertiary/aromatic N) is 1. The number of hydrogen-bond donors (Lipinski definition) is 2. The zero-order valence-corrected chi connectivity index (χ0v) is 17.5. The second-order valence-electron chi connectivity index (χ2n) is 7.44. The van der Waals surface area contributed by atoms with Crippen molar-refractivity contribution in [3.8, 4) is 0 Å². The molecule has 2 fully saturated rings. The molecular formula is C20H25N3O5S. The third-order valence-electron chi connectivity index (χ3n) is 4.94. The lowest BCUT2D eigenvalue weighted by Gasteiger charge is -2.33. The van der Waals surface area contributed by atoms with E-state index in [0.717, 1.165) is 5.56 Å². The van der Waals surface area contributed by atoms with Crippen LogP contribution in [0.15, 0.2) is 30.3 Å². The van der Waals surface area contributed by atoms with Crippen LogP contribution in [0, 0.1) is 0 Å². The fourth-order valence-corrected chi connectivity index (χ4v) is 5.27. The molecule has 2 aliphatic rings. The molecule has 3 atom stereocenters. The van der Waals surface area contributed by atoms with Gasteiger partial charge in [0.2, 0.25) is 5.91 Å². The summed E-state index contributed by atoms with van der Waals surface area (Å²) in [6.07, 6.45) is -0.179. The molecule has 8 nitrogen and oxygen atoms in total. The maximum absolute atomic E-state index is 12.8. The van der Waals surface area contributed by atoms with Crippen molar-refractivity contribution >= 4 is 35.6 Å². The molecule has 29 heavy (non-hydrogen) atoms. The van der Waals surface area contributed by atoms with Crippen molar-refractivity contribution in [1.82, 2.24) is 15.5 Å². The van der Waals surface area contributed by atoms with Crippen LogP contribution in [0.3, 0.4) is 0 Å². The summed E-state index contributed by atoms with van der Waals surface area (Å²) in [5.74, 6) is -1.07. The minimum atomic E-state index is -1.16. The lowest BCUT2D eigenvalue weighted by molar-refractivity contribution is -0.161. The molecule has 4 amide bonds. The SMILES string of the molecule is CC(C)NC(=O)NC(=O)[C@H](C)OC(=O)[C@@H]1CS[C@@]2(c3ccccc3)CCC(=O)N12. The molecule has 2 saturated heterocycles. The van der Waals surface area contributed by atoms with Crippen molar-refractivity contribution in [3.05, 3.63) is 35.9 Å². The molecule has 0 bridgehead atoms. The van der Waals surface area contributed by atoms with Crippen LogP contribution in [0.5, 0.6) is 0 Å². The zero-order chi connectivity index (χ0) is 21.2. The van der Waals surface area contributed by atoms with Gasteiger partial charge in [-0.2, -0.15) is 0 Å². The Balaban J connectivity index is 1.68. The minimum Gasteiger partial charge on any atom is -0.451 e. The van der Waals surface area contributed by atoms with Gasteiger partial charge < -0.3 is 15.0 Å². The van der Waals surface area contributed by atoms with Gasteiger partial charge >= 0.3 is 12.0 Å². The Morgan fingerprint density at radius 1 is 1.21 bits per heavy atom. The van der Waals surface area contributed by atoms with Crippen LogP contribution in [0.25, 0.3) is 0 Å². The molecular weight excluding hydrogens is 394 g/mol. The van der Waals surface area contributed by atoms with Gasteiger partial charge in [-0.05, 0) is 32.8 Å². The molecule has 0 saturated carbocycles. The molecule has 1 aromatic carbocycles. The molecule has 2 N–H and O–H groups in total. The molecule has 0 aliphatic carbocycles. The van der Waals surface area contributed by atoms with E-state index in [4.69, 9.17) is 4.74 Å². The monoisotopic (exact) mass is 419 g/mol. The van der Waals surface area contributed by atoms with Crippen LogP contribution in [-0.2, 0) is 24.0 Å². The number of thioether (sulfide) groups is 1. The van der Waals surface area contributed by atoms with Crippen LogP contribution in [-0.4, -0.2) is 52.7 Å². The summed E-state index contributed by atoms with van der Waals surface area (Å²) in [6.45, 7) is 4.92. The molecule has 0 aromatic heterocycles. The third kappa shape index (κ3) is 4.24. The lowest BCUT2D eigenvalue weighted by atomic mass is 10.0. The number of fused-ring (bicyclic) bond motifs is 1. The number of hydrogen-bond acceptors (Lipinski definition) is 6. The number of imide groups is 1. The van der Waals surface area contributed by atoms with Gasteiger partial charge in [-0.1, -0.05) is 30.3 Å². The quantitative estimate of drug-likeness (QED) is 0.705. The number of carbonyl (C=O) groups is 4. The number of esters is 1. The average Bonchev–Trinajstić information content (AvgIpc) is 3.21. The summed E-state index contributed by atoms with van der Waals surface area (Å²) in [4.78, 5) is 50.2. The number of ether oxygens (including phenoxy) is 1. The van der Waals surface area contributed by atoms with E-state index in [1.165, 1.54) is 6.92 Å². The Morgan fingerprint density at radius 3 is 2.55 bits per heavy atom. The number of benzene rings is 1. The van der Waals surface area contributed by atoms with Gasteiger partial charge in [-0.15, -0.1) is 11.8 Å². The first-order valence-electron chi connectivity index (χ1n) is 9.58. The van der Waals surface area contributed by atoms with E-state index in [-0.39, 0.29) is 11.9 Å². The van der Waals surface area contributed by atoms with E-state index in [9.17, 15) is 19.2 Å². The Bertz CT molecular complexity index is 816. The molecule has 0 radical (unpaired) electrons. The molecule has 2 heterocycles. The van der Waals surface area contributed by atoms with Gasteiger partial charge in [-0.3, -0.25) is 14.9 Å². The van der Waals surface area contributed by atoms with E-state index >= 15 is 0 Å². The van der Waals surface area contributed by atoms with Crippen molar-refractivity contribution in [2.24, 2.45) is 0 Å². The number of carbonyl (C=O) groups excluding carboxylic acids is 4. The van der Waals surface area contributed by atoms with Crippen molar-refractivity contribution in [1.29, 1.82) is 0 Å². The van der Waals surface area contributed by atoms with E-state index in [2.05, 4.69) is 10.6 Å². The van der Waals surface area contributed by atoms with Crippen molar-refractivity contribution < 1.29 is 23.9 Å². The molecule has 1 aromatic rings. The molecule has 0 unspecified atom stereocenters. The highest BCUT2D eigenvalue weighted by Gasteiger charge is 2.57. The molecule has 9 heteroatoms. The first kappa shape index (κ1) is 21.2. The number of rotatable bonds is 5. The Labute approximate surface area is 173 Å². The predicted molar refractivity (Wildman–Crippen MR) is 108 cm³/mol. The fourth-order valence-electron chi connectivity index (χ4n) is 3.63. The Hall–Kier alpha value is -2.55. The van der Waals surface area contributed by atoms with Crippen LogP contribution in [0.2, 0.25) is 0 Å². The lowest BCUT2D eigenvalue weighted by Crippen LogP contribution is -2.50. The Morgan fingerprint density at radius 2 is 1.90 bits per heavy atom. The van der Waals surface area contributed by atoms with E-state index in [1.807, 2.05) is 30.3 Å². The number of urea groups is 1. The van der Waals surface area contributed by atoms with Gasteiger partial charge in [0.15, 0.2) is 6.10 Å². The summed E-state index contributed by atoms with van der Waals surface area (Å²) in [5.41, 5.74) is 0.974. The van der Waals surface area contributed by atoms with Gasteiger partial charge in [0, 0.05) is 18.2 Å². The van der Waals surface area contributed by atoms with Crippen LogP contribution >= 0.6 is 11.8 Å². The molecule has 3 rings (SSSR count). The predicted octanol–water partition coefficient (Wildman–Crippen LogP) is 1.74. The summed E-state index contributed by atoms with van der Waals surface area (Å²) >= 11 is 1.55. The zero-order valence-electron chi connectivity index (χ0n) is 16.6. The van der Waals surface area contributed by atoms with Crippen molar-refractivity contribution in [3.63, 3.8) is 0 Å². The van der Waals surface area contributed by atoms with Crippen LogP contribution in [0.4, 0.5) is 4.79 Å². The maximum atomic E-state index is 12.8. The average molecular weight is 420 g/mol. The maximum Gasteiger partial charge on any atom is 0.330 e. The second-order valence-corrected chi connectivity index (χ2v) is 8.73. The molecule has 2 aliphatic heterocycles. The molecule has 0 spiro atoms. The smallest absolute Gasteiger partial charge is 0.330 e. The summed E-state index contributed by atoms with van der Waals surface area (Å²) in [5, 5.41) is 4.67. The van der Waals surface area contributed by atoms with E-state index < -0.39 is 34.9 Å². The van der Waals surface area contributed by atoms with E-state index in [0.29, 0.717) is 18.6 Å². The normalized spacial score (nSPS) is 24.2. The topological polar surface area (TPSA) is 105 Å². The van der Waals surface area contributed by atoms with Crippen molar-refractivity contribution in [2.75, 3.05) is 5.75 Å².